The van der Waals surface area contributed by atoms with Gasteiger partial charge in [0.1, 0.15) is 0 Å². The van der Waals surface area contributed by atoms with E-state index in [2.05, 4.69) is 44.9 Å². The van der Waals surface area contributed by atoms with Crippen molar-refractivity contribution in [1.29, 1.82) is 0 Å². The van der Waals surface area contributed by atoms with Gasteiger partial charge in [-0.2, -0.15) is 5.10 Å². The summed E-state index contributed by atoms with van der Waals surface area (Å²) < 4.78 is 1.78. The molecule has 2 aromatic heterocycles. The average molecular weight is 343 g/mol. The summed E-state index contributed by atoms with van der Waals surface area (Å²) in [6, 6.07) is 2.37. The van der Waals surface area contributed by atoms with Crippen LogP contribution in [0.15, 0.2) is 6.07 Å². The highest BCUT2D eigenvalue weighted by atomic mass is 16.2. The van der Waals surface area contributed by atoms with E-state index >= 15 is 0 Å². The molecule has 0 unspecified atom stereocenters. The Hall–Kier alpha value is -1.95. The van der Waals surface area contributed by atoms with Gasteiger partial charge in [-0.05, 0) is 38.9 Å². The van der Waals surface area contributed by atoms with Gasteiger partial charge in [0.05, 0.1) is 16.6 Å². The number of nitrogens with zero attached hydrogens (tertiary/aromatic N) is 5. The lowest BCUT2D eigenvalue weighted by atomic mass is 10.0. The molecule has 2 atom stereocenters. The van der Waals surface area contributed by atoms with Gasteiger partial charge >= 0.3 is 0 Å². The number of carbonyl (C=O) groups excluding carboxylic acids is 1. The number of aromatic nitrogens is 3. The summed E-state index contributed by atoms with van der Waals surface area (Å²) >= 11 is 0. The van der Waals surface area contributed by atoms with Crippen molar-refractivity contribution in [3.63, 3.8) is 0 Å². The normalized spacial score (nSPS) is 21.1. The molecule has 1 amide bonds. The van der Waals surface area contributed by atoms with Gasteiger partial charge in [-0.3, -0.25) is 9.48 Å². The molecule has 1 aliphatic rings. The Bertz CT molecular complexity index is 808. The minimum atomic E-state index is 0.0987. The fourth-order valence-electron chi connectivity index (χ4n) is 3.89. The van der Waals surface area contributed by atoms with Crippen LogP contribution >= 0.6 is 0 Å². The molecule has 2 aromatic rings. The molecule has 3 rings (SSSR count). The van der Waals surface area contributed by atoms with Crippen molar-refractivity contribution in [3.05, 3.63) is 23.0 Å². The Morgan fingerprint density at radius 3 is 2.56 bits per heavy atom. The molecule has 1 aliphatic heterocycles. The first-order chi connectivity index (χ1) is 11.7. The predicted molar refractivity (Wildman–Crippen MR) is 99.9 cm³/mol. The molecule has 0 N–H and O–H groups in total. The van der Waals surface area contributed by atoms with E-state index in [4.69, 9.17) is 4.98 Å². The first kappa shape index (κ1) is 17.9. The molecule has 0 bridgehead atoms. The lowest BCUT2D eigenvalue weighted by Gasteiger charge is -2.22. The smallest absolute Gasteiger partial charge is 0.254 e. The standard InChI is InChI=1S/C19H29N5O/c1-11(2)15-8-14(17-13(4)21-23(7)18(17)20-15)19(25)24-9-12(3)16(10-24)22(5)6/h8,11-12,16H,9-10H2,1-7H3/t12-,16+/m0/s1. The van der Waals surface area contributed by atoms with E-state index in [9.17, 15) is 4.79 Å². The zero-order valence-corrected chi connectivity index (χ0v) is 16.4. The molecule has 6 heteroatoms. The van der Waals surface area contributed by atoms with Crippen LogP contribution in [-0.4, -0.2) is 63.7 Å². The van der Waals surface area contributed by atoms with Crippen LogP contribution in [-0.2, 0) is 7.05 Å². The molecule has 0 saturated carbocycles. The molecule has 136 valence electrons. The molecule has 25 heavy (non-hydrogen) atoms. The van der Waals surface area contributed by atoms with Crippen molar-refractivity contribution in [3.8, 4) is 0 Å². The maximum Gasteiger partial charge on any atom is 0.254 e. The van der Waals surface area contributed by atoms with Gasteiger partial charge in [-0.1, -0.05) is 20.8 Å². The predicted octanol–water partition coefficient (Wildman–Crippen LogP) is 2.42. The topological polar surface area (TPSA) is 54.3 Å². The fourth-order valence-corrected chi connectivity index (χ4v) is 3.89. The van der Waals surface area contributed by atoms with Crippen molar-refractivity contribution >= 4 is 16.9 Å². The van der Waals surface area contributed by atoms with Crippen molar-refractivity contribution in [2.24, 2.45) is 13.0 Å². The highest BCUT2D eigenvalue weighted by Crippen LogP contribution is 2.28. The maximum absolute atomic E-state index is 13.4. The average Bonchev–Trinajstić information content (AvgIpc) is 3.06. The molecule has 1 fully saturated rings. The van der Waals surface area contributed by atoms with Gasteiger partial charge in [0.15, 0.2) is 5.65 Å². The van der Waals surface area contributed by atoms with Crippen molar-refractivity contribution in [2.75, 3.05) is 27.2 Å². The molecule has 6 nitrogen and oxygen atoms in total. The zero-order valence-electron chi connectivity index (χ0n) is 16.4. The minimum absolute atomic E-state index is 0.0987. The summed E-state index contributed by atoms with van der Waals surface area (Å²) in [4.78, 5) is 22.3. The van der Waals surface area contributed by atoms with E-state index < -0.39 is 0 Å². The lowest BCUT2D eigenvalue weighted by Crippen LogP contribution is -2.35. The first-order valence-corrected chi connectivity index (χ1v) is 9.00. The molecular formula is C19H29N5O. The van der Waals surface area contributed by atoms with Gasteiger partial charge in [0, 0.05) is 31.9 Å². The van der Waals surface area contributed by atoms with Crippen LogP contribution in [0.3, 0.4) is 0 Å². The maximum atomic E-state index is 13.4. The van der Waals surface area contributed by atoms with E-state index in [1.165, 1.54) is 0 Å². The van der Waals surface area contributed by atoms with Crippen molar-refractivity contribution < 1.29 is 4.79 Å². The van der Waals surface area contributed by atoms with Gasteiger partial charge < -0.3 is 9.80 Å². The van der Waals surface area contributed by atoms with Gasteiger partial charge in [0.2, 0.25) is 0 Å². The summed E-state index contributed by atoms with van der Waals surface area (Å²) in [6.07, 6.45) is 0. The minimum Gasteiger partial charge on any atom is -0.337 e. The lowest BCUT2D eigenvalue weighted by molar-refractivity contribution is 0.0783. The fraction of sp³-hybridized carbons (Fsp3) is 0.632. The summed E-state index contributed by atoms with van der Waals surface area (Å²) in [7, 11) is 6.06. The van der Waals surface area contributed by atoms with Crippen LogP contribution in [0, 0.1) is 12.8 Å². The molecular weight excluding hydrogens is 314 g/mol. The third-order valence-corrected chi connectivity index (χ3v) is 5.33. The number of rotatable bonds is 3. The summed E-state index contributed by atoms with van der Waals surface area (Å²) in [6.45, 7) is 9.94. The Labute approximate surface area is 149 Å². The van der Waals surface area contributed by atoms with Gasteiger partial charge in [-0.25, -0.2) is 4.98 Å². The van der Waals surface area contributed by atoms with Gasteiger partial charge in [0.25, 0.3) is 5.91 Å². The Balaban J connectivity index is 2.07. The van der Waals surface area contributed by atoms with Crippen LogP contribution in [0.5, 0.6) is 0 Å². The quantitative estimate of drug-likeness (QED) is 0.859. The van der Waals surface area contributed by atoms with Crippen LogP contribution in [0.2, 0.25) is 0 Å². The summed E-state index contributed by atoms with van der Waals surface area (Å²) in [5.41, 5.74) is 3.34. The first-order valence-electron chi connectivity index (χ1n) is 9.00. The third kappa shape index (κ3) is 3.03. The van der Waals surface area contributed by atoms with E-state index in [1.807, 2.05) is 24.9 Å². The van der Waals surface area contributed by atoms with Crippen LogP contribution in [0.1, 0.15) is 48.4 Å². The largest absolute Gasteiger partial charge is 0.337 e. The van der Waals surface area contributed by atoms with E-state index in [0.29, 0.717) is 12.0 Å². The summed E-state index contributed by atoms with van der Waals surface area (Å²) in [5, 5.41) is 5.38. The number of fused-ring (bicyclic) bond motifs is 1. The van der Waals surface area contributed by atoms with E-state index in [0.717, 1.165) is 41.1 Å². The number of pyridine rings is 1. The monoisotopic (exact) mass is 343 g/mol. The second kappa shape index (κ2) is 6.41. The number of likely N-dealkylation sites (N-methyl/N-ethyl adjacent to an activating group) is 1. The molecule has 3 heterocycles. The Kier molecular flexibility index (Phi) is 4.58. The van der Waals surface area contributed by atoms with Crippen molar-refractivity contribution in [1.82, 2.24) is 24.6 Å². The number of hydrogen-bond acceptors (Lipinski definition) is 4. The van der Waals surface area contributed by atoms with Crippen LogP contribution in [0.4, 0.5) is 0 Å². The molecule has 1 saturated heterocycles. The summed E-state index contributed by atoms with van der Waals surface area (Å²) in [5.74, 6) is 0.829. The van der Waals surface area contributed by atoms with Gasteiger partial charge in [-0.15, -0.1) is 0 Å². The number of hydrogen-bond donors (Lipinski definition) is 0. The Morgan fingerprint density at radius 1 is 1.32 bits per heavy atom. The third-order valence-electron chi connectivity index (χ3n) is 5.33. The zero-order chi connectivity index (χ0) is 18.5. The second-order valence-corrected chi connectivity index (χ2v) is 7.88. The molecule has 0 aliphatic carbocycles. The van der Waals surface area contributed by atoms with Crippen LogP contribution < -0.4 is 0 Å². The second-order valence-electron chi connectivity index (χ2n) is 7.88. The van der Waals surface area contributed by atoms with E-state index in [1.54, 1.807) is 4.68 Å². The SMILES string of the molecule is Cc1nn(C)c2nc(C(C)C)cc(C(=O)N3C[C@@H](N(C)C)[C@@H](C)C3)c12. The number of carbonyl (C=O) groups is 1. The number of likely N-dealkylation sites (tertiary alicyclic amines) is 1. The van der Waals surface area contributed by atoms with Crippen LogP contribution in [0.25, 0.3) is 11.0 Å². The highest BCUT2D eigenvalue weighted by molar-refractivity contribution is 6.06. The highest BCUT2D eigenvalue weighted by Gasteiger charge is 2.35. The molecule has 0 radical (unpaired) electrons. The Morgan fingerprint density at radius 2 is 2.00 bits per heavy atom. The van der Waals surface area contributed by atoms with Crippen molar-refractivity contribution in [2.45, 2.75) is 39.7 Å². The molecule has 0 spiro atoms. The molecule has 0 aromatic carbocycles. The van der Waals surface area contributed by atoms with E-state index in [-0.39, 0.29) is 11.8 Å². The number of aryl methyl sites for hydroxylation is 2. The number of amides is 1.